The molecular weight excluding hydrogens is 152 g/mol. The lowest BCUT2D eigenvalue weighted by Crippen LogP contribution is -2.20. The van der Waals surface area contributed by atoms with Gasteiger partial charge in [-0.1, -0.05) is 13.8 Å². The van der Waals surface area contributed by atoms with E-state index in [0.29, 0.717) is 12.0 Å². The number of rotatable bonds is 5. The van der Waals surface area contributed by atoms with Crippen LogP contribution < -0.4 is 0 Å². The molecule has 2 heteroatoms. The molecule has 1 heterocycles. The van der Waals surface area contributed by atoms with Crippen LogP contribution >= 0.6 is 0 Å². The normalized spacial score (nSPS) is 30.8. The molecule has 0 radical (unpaired) electrons. The molecule has 1 aliphatic rings. The summed E-state index contributed by atoms with van der Waals surface area (Å²) < 4.78 is 10.9. The van der Waals surface area contributed by atoms with Gasteiger partial charge in [-0.05, 0) is 26.2 Å². The molecule has 12 heavy (non-hydrogen) atoms. The van der Waals surface area contributed by atoms with Crippen molar-refractivity contribution in [3.8, 4) is 0 Å². The Morgan fingerprint density at radius 1 is 1.42 bits per heavy atom. The van der Waals surface area contributed by atoms with E-state index >= 15 is 0 Å². The van der Waals surface area contributed by atoms with Gasteiger partial charge >= 0.3 is 0 Å². The molecule has 1 aliphatic heterocycles. The van der Waals surface area contributed by atoms with Gasteiger partial charge in [0.05, 0.1) is 19.3 Å². The summed E-state index contributed by atoms with van der Waals surface area (Å²) in [5.74, 6) is 0.716. The maximum atomic E-state index is 5.65. The Bertz CT molecular complexity index is 139. The van der Waals surface area contributed by atoms with E-state index in [-0.39, 0.29) is 5.60 Å². The summed E-state index contributed by atoms with van der Waals surface area (Å²) in [6.07, 6.45) is 1.50. The highest BCUT2D eigenvalue weighted by Gasteiger charge is 2.39. The van der Waals surface area contributed by atoms with Gasteiger partial charge in [0.2, 0.25) is 0 Å². The Morgan fingerprint density at radius 2 is 2.00 bits per heavy atom. The minimum atomic E-state index is 0.0469. The molecule has 1 fully saturated rings. The van der Waals surface area contributed by atoms with E-state index < -0.39 is 0 Å². The number of hydrogen-bond acceptors (Lipinski definition) is 2. The third-order valence-corrected chi connectivity index (χ3v) is 2.11. The Balaban J connectivity index is 2.06. The second kappa shape index (κ2) is 3.75. The maximum Gasteiger partial charge on any atom is 0.112 e. The average Bonchev–Trinajstić information content (AvgIpc) is 2.64. The predicted octanol–water partition coefficient (Wildman–Crippen LogP) is 2.23. The van der Waals surface area contributed by atoms with E-state index in [2.05, 4.69) is 27.7 Å². The summed E-state index contributed by atoms with van der Waals surface area (Å²) in [6, 6.07) is 0. The van der Waals surface area contributed by atoms with Crippen LogP contribution in [0.25, 0.3) is 0 Å². The molecule has 0 aromatic rings. The van der Waals surface area contributed by atoms with Crippen LogP contribution in [-0.4, -0.2) is 24.9 Å². The molecule has 0 amide bonds. The molecule has 0 saturated carbocycles. The van der Waals surface area contributed by atoms with Crippen molar-refractivity contribution in [2.75, 3.05) is 13.2 Å². The number of ether oxygens (including phenoxy) is 2. The van der Waals surface area contributed by atoms with Crippen LogP contribution in [-0.2, 0) is 9.47 Å². The Labute approximate surface area is 75.2 Å². The molecule has 0 aliphatic carbocycles. The molecule has 0 bridgehead atoms. The van der Waals surface area contributed by atoms with Gasteiger partial charge < -0.3 is 9.47 Å². The minimum Gasteiger partial charge on any atom is -0.375 e. The first-order chi connectivity index (χ1) is 5.52. The van der Waals surface area contributed by atoms with Crippen LogP contribution in [0.1, 0.15) is 34.1 Å². The summed E-state index contributed by atoms with van der Waals surface area (Å²) in [4.78, 5) is 0. The van der Waals surface area contributed by atoms with Crippen molar-refractivity contribution in [3.63, 3.8) is 0 Å². The highest BCUT2D eigenvalue weighted by Crippen LogP contribution is 2.26. The molecular formula is C10H20O2. The molecule has 2 atom stereocenters. The number of hydrogen-bond donors (Lipinski definition) is 0. The second-order valence-electron chi connectivity index (χ2n) is 4.49. The first kappa shape index (κ1) is 10.0. The average molecular weight is 172 g/mol. The molecule has 1 rings (SSSR count). The largest absolute Gasteiger partial charge is 0.375 e. The summed E-state index contributed by atoms with van der Waals surface area (Å²) >= 11 is 0. The third-order valence-electron chi connectivity index (χ3n) is 2.11. The monoisotopic (exact) mass is 172 g/mol. The molecule has 2 nitrogen and oxygen atoms in total. The summed E-state index contributed by atoms with van der Waals surface area (Å²) in [5, 5.41) is 0. The Hall–Kier alpha value is -0.0800. The van der Waals surface area contributed by atoms with E-state index in [1.807, 2.05) is 0 Å². The molecule has 0 spiro atoms. The number of epoxide rings is 1. The molecule has 0 aromatic heterocycles. The van der Waals surface area contributed by atoms with Crippen molar-refractivity contribution >= 4 is 0 Å². The van der Waals surface area contributed by atoms with Crippen LogP contribution in [0.5, 0.6) is 0 Å². The predicted molar refractivity (Wildman–Crippen MR) is 49.2 cm³/mol. The van der Waals surface area contributed by atoms with Gasteiger partial charge in [-0.3, -0.25) is 0 Å². The third kappa shape index (κ3) is 3.55. The summed E-state index contributed by atoms with van der Waals surface area (Å²) in [7, 11) is 0. The van der Waals surface area contributed by atoms with Crippen LogP contribution in [0.15, 0.2) is 0 Å². The van der Waals surface area contributed by atoms with E-state index in [4.69, 9.17) is 9.47 Å². The van der Waals surface area contributed by atoms with E-state index in [0.717, 1.165) is 19.6 Å². The fourth-order valence-electron chi connectivity index (χ4n) is 1.26. The van der Waals surface area contributed by atoms with Crippen LogP contribution in [0.4, 0.5) is 0 Å². The maximum absolute atomic E-state index is 5.65. The van der Waals surface area contributed by atoms with Crippen molar-refractivity contribution in [3.05, 3.63) is 0 Å². The Morgan fingerprint density at radius 3 is 2.42 bits per heavy atom. The van der Waals surface area contributed by atoms with Crippen molar-refractivity contribution in [1.29, 1.82) is 0 Å². The molecule has 0 aromatic carbocycles. The van der Waals surface area contributed by atoms with Crippen LogP contribution in [0.2, 0.25) is 0 Å². The van der Waals surface area contributed by atoms with E-state index in [1.54, 1.807) is 0 Å². The zero-order valence-corrected chi connectivity index (χ0v) is 8.59. The second-order valence-corrected chi connectivity index (χ2v) is 4.49. The molecule has 0 N–H and O–H groups in total. The van der Waals surface area contributed by atoms with Gasteiger partial charge in [0.1, 0.15) is 5.60 Å². The van der Waals surface area contributed by atoms with Gasteiger partial charge in [-0.2, -0.15) is 0 Å². The van der Waals surface area contributed by atoms with Gasteiger partial charge in [0.15, 0.2) is 0 Å². The quantitative estimate of drug-likeness (QED) is 0.593. The van der Waals surface area contributed by atoms with Gasteiger partial charge in [0.25, 0.3) is 0 Å². The topological polar surface area (TPSA) is 21.8 Å². The van der Waals surface area contributed by atoms with E-state index in [9.17, 15) is 0 Å². The summed E-state index contributed by atoms with van der Waals surface area (Å²) in [5.41, 5.74) is 0.0469. The van der Waals surface area contributed by atoms with Crippen molar-refractivity contribution in [2.45, 2.75) is 45.8 Å². The van der Waals surface area contributed by atoms with Crippen molar-refractivity contribution in [2.24, 2.45) is 5.92 Å². The minimum absolute atomic E-state index is 0.0469. The van der Waals surface area contributed by atoms with Gasteiger partial charge in [-0.15, -0.1) is 0 Å². The lowest BCUT2D eigenvalue weighted by Gasteiger charge is -2.16. The highest BCUT2D eigenvalue weighted by atomic mass is 16.6. The van der Waals surface area contributed by atoms with Gasteiger partial charge in [0, 0.05) is 0 Å². The zero-order valence-electron chi connectivity index (χ0n) is 8.59. The van der Waals surface area contributed by atoms with Crippen molar-refractivity contribution in [1.82, 2.24) is 0 Å². The Kier molecular flexibility index (Phi) is 3.13. The lowest BCUT2D eigenvalue weighted by molar-refractivity contribution is 0.0212. The standard InChI is InChI=1S/C10H20O2/c1-8(2)5-9(3)11-6-10(4)7-12-10/h8-9H,5-7H2,1-4H3. The zero-order chi connectivity index (χ0) is 9.19. The SMILES string of the molecule is CC(C)CC(C)OCC1(C)CO1. The summed E-state index contributed by atoms with van der Waals surface area (Å²) in [6.45, 7) is 10.3. The van der Waals surface area contributed by atoms with Crippen LogP contribution in [0.3, 0.4) is 0 Å². The van der Waals surface area contributed by atoms with Gasteiger partial charge in [-0.25, -0.2) is 0 Å². The fourth-order valence-corrected chi connectivity index (χ4v) is 1.26. The molecule has 72 valence electrons. The van der Waals surface area contributed by atoms with Crippen LogP contribution in [0, 0.1) is 5.92 Å². The highest BCUT2D eigenvalue weighted by molar-refractivity contribution is 4.86. The molecule has 2 unspecified atom stereocenters. The fraction of sp³-hybridized carbons (Fsp3) is 1.00. The first-order valence-electron chi connectivity index (χ1n) is 4.77. The smallest absolute Gasteiger partial charge is 0.112 e. The van der Waals surface area contributed by atoms with Crippen molar-refractivity contribution < 1.29 is 9.47 Å². The first-order valence-corrected chi connectivity index (χ1v) is 4.77. The molecule has 1 saturated heterocycles. The lowest BCUT2D eigenvalue weighted by atomic mass is 10.1. The van der Waals surface area contributed by atoms with E-state index in [1.165, 1.54) is 0 Å².